The van der Waals surface area contributed by atoms with Gasteiger partial charge in [0.25, 0.3) is 0 Å². The number of nitrogens with zero attached hydrogens (tertiary/aromatic N) is 2. The number of halogens is 2. The molecule has 0 unspecified atom stereocenters. The van der Waals surface area contributed by atoms with Crippen LogP contribution in [-0.4, -0.2) is 15.7 Å². The third kappa shape index (κ3) is 5.15. The van der Waals surface area contributed by atoms with Crippen LogP contribution in [0.15, 0.2) is 54.6 Å². The number of hydrogen-bond donors (Lipinski definition) is 1. The van der Waals surface area contributed by atoms with E-state index >= 15 is 0 Å². The summed E-state index contributed by atoms with van der Waals surface area (Å²) in [5.74, 6) is -0.0709. The lowest BCUT2D eigenvalue weighted by Crippen LogP contribution is -2.25. The zero-order chi connectivity index (χ0) is 20.3. The molecule has 1 aromatic heterocycles. The van der Waals surface area contributed by atoms with Gasteiger partial charge in [0.15, 0.2) is 0 Å². The van der Waals surface area contributed by atoms with Gasteiger partial charge < -0.3 is 5.32 Å². The Balaban J connectivity index is 1.80. The van der Waals surface area contributed by atoms with Crippen molar-refractivity contribution in [2.24, 2.45) is 0 Å². The SMILES string of the molecule is CC(C)(C)c1cc(CNC(=O)Cc2cccc(Cl)c2)n(-c2cccc(Cl)c2)n1. The zero-order valence-corrected chi connectivity index (χ0v) is 17.7. The minimum Gasteiger partial charge on any atom is -0.350 e. The van der Waals surface area contributed by atoms with Crippen LogP contribution in [0.5, 0.6) is 0 Å². The van der Waals surface area contributed by atoms with Crippen LogP contribution in [0.2, 0.25) is 10.0 Å². The standard InChI is InChI=1S/C22H23Cl2N3O/c1-22(2,3)20-13-19(27(26-20)18-9-5-8-17(24)12-18)14-25-21(28)11-15-6-4-7-16(23)10-15/h4-10,12-13H,11,14H2,1-3H3,(H,25,28). The van der Waals surface area contributed by atoms with Crippen LogP contribution in [0, 0.1) is 0 Å². The maximum absolute atomic E-state index is 12.4. The average Bonchev–Trinajstić information content (AvgIpc) is 3.05. The first-order valence-electron chi connectivity index (χ1n) is 9.09. The topological polar surface area (TPSA) is 46.9 Å². The maximum atomic E-state index is 12.4. The molecule has 1 amide bonds. The van der Waals surface area contributed by atoms with E-state index in [0.29, 0.717) is 16.6 Å². The molecule has 0 aliphatic heterocycles. The van der Waals surface area contributed by atoms with Crippen LogP contribution >= 0.6 is 23.2 Å². The smallest absolute Gasteiger partial charge is 0.224 e. The predicted octanol–water partition coefficient (Wildman–Crippen LogP) is 5.34. The maximum Gasteiger partial charge on any atom is 0.224 e. The second kappa shape index (κ2) is 8.38. The Bertz CT molecular complexity index is 989. The van der Waals surface area contributed by atoms with E-state index in [1.165, 1.54) is 0 Å². The summed E-state index contributed by atoms with van der Waals surface area (Å²) < 4.78 is 1.84. The van der Waals surface area contributed by atoms with Gasteiger partial charge in [-0.1, -0.05) is 62.2 Å². The highest BCUT2D eigenvalue weighted by molar-refractivity contribution is 6.31. The van der Waals surface area contributed by atoms with Gasteiger partial charge in [0.1, 0.15) is 0 Å². The molecule has 0 radical (unpaired) electrons. The van der Waals surface area contributed by atoms with E-state index in [1.54, 1.807) is 12.1 Å². The normalized spacial score (nSPS) is 11.5. The second-order valence-electron chi connectivity index (χ2n) is 7.75. The summed E-state index contributed by atoms with van der Waals surface area (Å²) in [6.45, 7) is 6.70. The Morgan fingerprint density at radius 2 is 1.71 bits per heavy atom. The number of carbonyl (C=O) groups is 1. The van der Waals surface area contributed by atoms with Crippen LogP contribution in [0.3, 0.4) is 0 Å². The summed E-state index contributed by atoms with van der Waals surface area (Å²) in [5, 5.41) is 9.00. The minimum atomic E-state index is -0.108. The van der Waals surface area contributed by atoms with E-state index in [9.17, 15) is 4.79 Å². The van der Waals surface area contributed by atoms with Crippen LogP contribution in [0.25, 0.3) is 5.69 Å². The monoisotopic (exact) mass is 415 g/mol. The van der Waals surface area contributed by atoms with Crippen LogP contribution in [0.4, 0.5) is 0 Å². The Morgan fingerprint density at radius 1 is 1.04 bits per heavy atom. The van der Waals surface area contributed by atoms with Gasteiger partial charge in [-0.3, -0.25) is 4.79 Å². The highest BCUT2D eigenvalue weighted by Gasteiger charge is 2.21. The molecule has 0 bridgehead atoms. The predicted molar refractivity (Wildman–Crippen MR) is 114 cm³/mol. The second-order valence-corrected chi connectivity index (χ2v) is 8.62. The van der Waals surface area contributed by atoms with Crippen molar-refractivity contribution in [3.8, 4) is 5.69 Å². The van der Waals surface area contributed by atoms with E-state index in [-0.39, 0.29) is 17.7 Å². The summed E-state index contributed by atoms with van der Waals surface area (Å²) in [4.78, 5) is 12.4. The quantitative estimate of drug-likeness (QED) is 0.611. The first-order valence-corrected chi connectivity index (χ1v) is 9.84. The zero-order valence-electron chi connectivity index (χ0n) is 16.2. The number of amides is 1. The van der Waals surface area contributed by atoms with Crippen molar-refractivity contribution in [1.29, 1.82) is 0 Å². The fourth-order valence-corrected chi connectivity index (χ4v) is 3.23. The number of rotatable bonds is 5. The van der Waals surface area contributed by atoms with Crippen LogP contribution in [-0.2, 0) is 23.2 Å². The number of carbonyl (C=O) groups excluding carboxylic acids is 1. The molecule has 146 valence electrons. The molecule has 1 N–H and O–H groups in total. The fraction of sp³-hybridized carbons (Fsp3) is 0.273. The summed E-state index contributed by atoms with van der Waals surface area (Å²) >= 11 is 12.1. The lowest BCUT2D eigenvalue weighted by atomic mass is 9.92. The van der Waals surface area contributed by atoms with Crippen molar-refractivity contribution >= 4 is 29.1 Å². The minimum absolute atomic E-state index is 0.0709. The van der Waals surface area contributed by atoms with Gasteiger partial charge >= 0.3 is 0 Å². The molecule has 0 fully saturated rings. The molecule has 28 heavy (non-hydrogen) atoms. The molecule has 2 aromatic carbocycles. The number of benzene rings is 2. The van der Waals surface area contributed by atoms with E-state index < -0.39 is 0 Å². The molecule has 0 spiro atoms. The number of hydrogen-bond acceptors (Lipinski definition) is 2. The fourth-order valence-electron chi connectivity index (χ4n) is 2.83. The summed E-state index contributed by atoms with van der Waals surface area (Å²) in [7, 11) is 0. The van der Waals surface area contributed by atoms with Crippen LogP contribution < -0.4 is 5.32 Å². The highest BCUT2D eigenvalue weighted by atomic mass is 35.5. The molecule has 3 rings (SSSR count). The molecule has 0 atom stereocenters. The van der Waals surface area contributed by atoms with E-state index in [1.807, 2.05) is 47.1 Å². The molecule has 3 aromatic rings. The van der Waals surface area contributed by atoms with Crippen LogP contribution in [0.1, 0.15) is 37.7 Å². The third-order valence-corrected chi connectivity index (χ3v) is 4.79. The number of aromatic nitrogens is 2. The Hall–Kier alpha value is -2.30. The van der Waals surface area contributed by atoms with Crippen molar-refractivity contribution in [2.75, 3.05) is 0 Å². The number of nitrogens with one attached hydrogen (secondary N) is 1. The molecule has 0 saturated heterocycles. The van der Waals surface area contributed by atoms with E-state index in [0.717, 1.165) is 22.6 Å². The highest BCUT2D eigenvalue weighted by Crippen LogP contribution is 2.24. The molecular formula is C22H23Cl2N3O. The van der Waals surface area contributed by atoms with Crippen molar-refractivity contribution < 1.29 is 4.79 Å². The molecule has 0 saturated carbocycles. The first kappa shape index (κ1) is 20.4. The molecule has 0 aliphatic rings. The van der Waals surface area contributed by atoms with Gasteiger partial charge in [-0.15, -0.1) is 0 Å². The van der Waals surface area contributed by atoms with Crippen molar-refractivity contribution in [3.05, 3.63) is 81.6 Å². The molecule has 1 heterocycles. The molecule has 0 aliphatic carbocycles. The van der Waals surface area contributed by atoms with Gasteiger partial charge in [0, 0.05) is 15.5 Å². The largest absolute Gasteiger partial charge is 0.350 e. The van der Waals surface area contributed by atoms with E-state index in [4.69, 9.17) is 28.3 Å². The van der Waals surface area contributed by atoms with Crippen molar-refractivity contribution in [3.63, 3.8) is 0 Å². The first-order chi connectivity index (χ1) is 13.2. The Labute approximate surface area is 175 Å². The Kier molecular flexibility index (Phi) is 6.11. The molecule has 4 nitrogen and oxygen atoms in total. The third-order valence-electron chi connectivity index (χ3n) is 4.32. The van der Waals surface area contributed by atoms with Gasteiger partial charge in [-0.2, -0.15) is 5.10 Å². The lowest BCUT2D eigenvalue weighted by Gasteiger charge is -2.14. The summed E-state index contributed by atoms with van der Waals surface area (Å²) in [5.41, 5.74) is 3.48. The summed E-state index contributed by atoms with van der Waals surface area (Å²) in [6.07, 6.45) is 0.276. The van der Waals surface area contributed by atoms with Gasteiger partial charge in [-0.25, -0.2) is 4.68 Å². The summed E-state index contributed by atoms with van der Waals surface area (Å²) in [6, 6.07) is 16.9. The molecule has 6 heteroatoms. The van der Waals surface area contributed by atoms with Gasteiger partial charge in [-0.05, 0) is 42.0 Å². The average molecular weight is 416 g/mol. The van der Waals surface area contributed by atoms with Crippen molar-refractivity contribution in [2.45, 2.75) is 39.2 Å². The van der Waals surface area contributed by atoms with Gasteiger partial charge in [0.2, 0.25) is 5.91 Å². The Morgan fingerprint density at radius 3 is 2.36 bits per heavy atom. The molecular weight excluding hydrogens is 393 g/mol. The lowest BCUT2D eigenvalue weighted by molar-refractivity contribution is -0.120. The van der Waals surface area contributed by atoms with Gasteiger partial charge in [0.05, 0.1) is 30.0 Å². The van der Waals surface area contributed by atoms with E-state index in [2.05, 4.69) is 26.1 Å². The van der Waals surface area contributed by atoms with Crippen molar-refractivity contribution in [1.82, 2.24) is 15.1 Å².